The molecule has 8 nitrogen and oxygen atoms in total. The quantitative estimate of drug-likeness (QED) is 0.407. The van der Waals surface area contributed by atoms with E-state index in [1.807, 2.05) is 12.1 Å². The van der Waals surface area contributed by atoms with Crippen LogP contribution in [0.2, 0.25) is 0 Å². The van der Waals surface area contributed by atoms with Crippen molar-refractivity contribution in [3.63, 3.8) is 0 Å². The second kappa shape index (κ2) is 8.09. The topological polar surface area (TPSA) is 96.2 Å². The molecule has 182 valence electrons. The number of halogens is 1. The molecule has 4 aromatic heterocycles. The number of hydrogen-bond donors (Lipinski definition) is 3. The fourth-order valence-corrected chi connectivity index (χ4v) is 6.22. The maximum atomic E-state index is 14.6. The van der Waals surface area contributed by atoms with E-state index in [1.165, 1.54) is 12.8 Å². The highest BCUT2D eigenvalue weighted by Gasteiger charge is 2.40. The smallest absolute Gasteiger partial charge is 0.254 e. The molecule has 0 aromatic carbocycles. The largest absolute Gasteiger partial charge is 0.348 e. The fourth-order valence-electron chi connectivity index (χ4n) is 6.22. The number of aryl methyl sites for hydroxylation is 1. The number of nitrogens with one attached hydrogen (secondary N) is 3. The molecule has 2 fully saturated rings. The normalized spacial score (nSPS) is 22.6. The maximum absolute atomic E-state index is 14.6. The molecule has 1 amide bonds. The second-order valence-corrected chi connectivity index (χ2v) is 10.0. The number of anilines is 2. The number of rotatable bonds is 4. The SMILES string of the molecule is Cc1ccn2c(-c3ncc(Nc4cccc(C5CCC6CNCC65)n4)c4c3CNC4=O)cnc2c1F. The summed E-state index contributed by atoms with van der Waals surface area (Å²) in [5.41, 5.74) is 5.03. The van der Waals surface area contributed by atoms with Crippen LogP contribution in [0, 0.1) is 24.6 Å². The van der Waals surface area contributed by atoms with Gasteiger partial charge in [0.2, 0.25) is 0 Å². The zero-order valence-electron chi connectivity index (χ0n) is 19.9. The molecule has 9 heteroatoms. The van der Waals surface area contributed by atoms with Gasteiger partial charge in [-0.3, -0.25) is 14.2 Å². The van der Waals surface area contributed by atoms with Crippen LogP contribution >= 0.6 is 0 Å². The van der Waals surface area contributed by atoms with Gasteiger partial charge in [0.1, 0.15) is 5.82 Å². The van der Waals surface area contributed by atoms with Gasteiger partial charge in [-0.2, -0.15) is 0 Å². The highest BCUT2D eigenvalue weighted by molar-refractivity contribution is 6.05. The van der Waals surface area contributed by atoms with E-state index in [4.69, 9.17) is 9.97 Å². The number of fused-ring (bicyclic) bond motifs is 3. The van der Waals surface area contributed by atoms with Crippen molar-refractivity contribution in [3.8, 4) is 11.4 Å². The van der Waals surface area contributed by atoms with Gasteiger partial charge in [0, 0.05) is 29.9 Å². The Balaban J connectivity index is 1.25. The molecular weight excluding hydrogens is 457 g/mol. The lowest BCUT2D eigenvalue weighted by atomic mass is 9.90. The van der Waals surface area contributed by atoms with Crippen LogP contribution in [-0.4, -0.2) is 38.3 Å². The van der Waals surface area contributed by atoms with E-state index in [1.54, 1.807) is 36.0 Å². The number of carbonyl (C=O) groups excluding carboxylic acids is 1. The first-order valence-corrected chi connectivity index (χ1v) is 12.5. The molecule has 1 saturated carbocycles. The van der Waals surface area contributed by atoms with Gasteiger partial charge in [0.25, 0.3) is 5.91 Å². The molecular formula is C27H26FN7O. The minimum Gasteiger partial charge on any atom is -0.348 e. The molecule has 1 saturated heterocycles. The van der Waals surface area contributed by atoms with Crippen molar-refractivity contribution < 1.29 is 9.18 Å². The van der Waals surface area contributed by atoms with Crippen LogP contribution in [0.1, 0.15) is 45.9 Å². The van der Waals surface area contributed by atoms with Gasteiger partial charge in [-0.15, -0.1) is 0 Å². The van der Waals surface area contributed by atoms with Crippen LogP contribution in [-0.2, 0) is 6.54 Å². The van der Waals surface area contributed by atoms with Crippen LogP contribution in [0.25, 0.3) is 17.0 Å². The van der Waals surface area contributed by atoms with Crippen LogP contribution in [0.4, 0.5) is 15.9 Å². The second-order valence-electron chi connectivity index (χ2n) is 10.0. The third kappa shape index (κ3) is 3.22. The molecule has 4 aromatic rings. The number of carbonyl (C=O) groups is 1. The highest BCUT2D eigenvalue weighted by Crippen LogP contribution is 2.45. The average Bonchev–Trinajstić information content (AvgIpc) is 3.66. The molecule has 3 atom stereocenters. The van der Waals surface area contributed by atoms with Gasteiger partial charge in [-0.25, -0.2) is 14.4 Å². The molecule has 6 heterocycles. The Bertz CT molecular complexity index is 1530. The predicted octanol–water partition coefficient (Wildman–Crippen LogP) is 3.94. The summed E-state index contributed by atoms with van der Waals surface area (Å²) in [5.74, 6) is 2.02. The molecule has 7 rings (SSSR count). The third-order valence-electron chi connectivity index (χ3n) is 8.06. The van der Waals surface area contributed by atoms with E-state index < -0.39 is 0 Å². The number of nitrogens with zero attached hydrogens (tertiary/aromatic N) is 4. The van der Waals surface area contributed by atoms with E-state index in [0.717, 1.165) is 30.3 Å². The van der Waals surface area contributed by atoms with Crippen molar-refractivity contribution in [2.24, 2.45) is 11.8 Å². The minimum absolute atomic E-state index is 0.168. The highest BCUT2D eigenvalue weighted by atomic mass is 19.1. The Morgan fingerprint density at radius 1 is 1.14 bits per heavy atom. The van der Waals surface area contributed by atoms with Crippen LogP contribution in [0.3, 0.4) is 0 Å². The first-order valence-electron chi connectivity index (χ1n) is 12.5. The van der Waals surface area contributed by atoms with Crippen LogP contribution in [0.15, 0.2) is 42.9 Å². The van der Waals surface area contributed by atoms with Gasteiger partial charge in [-0.05, 0) is 68.5 Å². The Kier molecular flexibility index (Phi) is 4.82. The molecule has 0 bridgehead atoms. The Hall–Kier alpha value is -3.85. The Morgan fingerprint density at radius 2 is 2.06 bits per heavy atom. The summed E-state index contributed by atoms with van der Waals surface area (Å²) in [5, 5.41) is 9.79. The van der Waals surface area contributed by atoms with Crippen molar-refractivity contribution in [3.05, 3.63) is 71.1 Å². The summed E-state index contributed by atoms with van der Waals surface area (Å²) in [4.78, 5) is 26.8. The fraction of sp³-hybridized carbons (Fsp3) is 0.333. The van der Waals surface area contributed by atoms with E-state index >= 15 is 0 Å². The zero-order chi connectivity index (χ0) is 24.4. The zero-order valence-corrected chi connectivity index (χ0v) is 19.9. The number of pyridine rings is 3. The van der Waals surface area contributed by atoms with Gasteiger partial charge >= 0.3 is 0 Å². The molecule has 0 spiro atoms. The van der Waals surface area contributed by atoms with Crippen molar-refractivity contribution >= 4 is 23.1 Å². The summed E-state index contributed by atoms with van der Waals surface area (Å²) in [6, 6.07) is 7.77. The maximum Gasteiger partial charge on any atom is 0.254 e. The summed E-state index contributed by atoms with van der Waals surface area (Å²) >= 11 is 0. The summed E-state index contributed by atoms with van der Waals surface area (Å²) in [6.07, 6.45) is 7.45. The number of aromatic nitrogens is 4. The van der Waals surface area contributed by atoms with Gasteiger partial charge in [-0.1, -0.05) is 6.07 Å². The standard InChI is InChI=1S/C27H26FN7O/c1-14-7-8-35-21(13-31-26(35)24(14)28)25-18-11-32-27(36)23(18)20(12-30-25)34-22-4-2-3-19(33-22)16-6-5-15-9-29-10-17(15)16/h2-4,7-8,12-13,15-17,29H,5-6,9-11H2,1H3,(H,32,36)(H,33,34). The molecule has 2 aliphatic heterocycles. The summed E-state index contributed by atoms with van der Waals surface area (Å²) in [7, 11) is 0. The van der Waals surface area contributed by atoms with Crippen LogP contribution < -0.4 is 16.0 Å². The minimum atomic E-state index is -0.360. The number of imidazole rings is 1. The lowest BCUT2D eigenvalue weighted by Crippen LogP contribution is -2.16. The van der Waals surface area contributed by atoms with Crippen molar-refractivity contribution in [1.82, 2.24) is 30.0 Å². The van der Waals surface area contributed by atoms with Gasteiger partial charge < -0.3 is 16.0 Å². The van der Waals surface area contributed by atoms with Crippen molar-refractivity contribution in [2.75, 3.05) is 18.4 Å². The molecule has 3 aliphatic rings. The number of hydrogen-bond acceptors (Lipinski definition) is 6. The first kappa shape index (κ1) is 21.4. The van der Waals surface area contributed by atoms with Gasteiger partial charge in [0.15, 0.2) is 11.5 Å². The molecule has 36 heavy (non-hydrogen) atoms. The summed E-state index contributed by atoms with van der Waals surface area (Å²) in [6.45, 7) is 4.22. The van der Waals surface area contributed by atoms with Crippen molar-refractivity contribution in [2.45, 2.75) is 32.2 Å². The van der Waals surface area contributed by atoms with Crippen molar-refractivity contribution in [1.29, 1.82) is 0 Å². The van der Waals surface area contributed by atoms with E-state index in [-0.39, 0.29) is 17.4 Å². The van der Waals surface area contributed by atoms with Gasteiger partial charge in [0.05, 0.1) is 35.0 Å². The first-order chi connectivity index (χ1) is 17.6. The Morgan fingerprint density at radius 3 is 2.97 bits per heavy atom. The lowest BCUT2D eigenvalue weighted by molar-refractivity contribution is 0.0966. The monoisotopic (exact) mass is 483 g/mol. The molecule has 3 unspecified atom stereocenters. The third-order valence-corrected chi connectivity index (χ3v) is 8.06. The average molecular weight is 484 g/mol. The molecule has 0 radical (unpaired) electrons. The lowest BCUT2D eigenvalue weighted by Gasteiger charge is -2.18. The predicted molar refractivity (Wildman–Crippen MR) is 134 cm³/mol. The van der Waals surface area contributed by atoms with Crippen LogP contribution in [0.5, 0.6) is 0 Å². The van der Waals surface area contributed by atoms with E-state index in [9.17, 15) is 9.18 Å². The molecule has 1 aliphatic carbocycles. The summed E-state index contributed by atoms with van der Waals surface area (Å²) < 4.78 is 16.3. The van der Waals surface area contributed by atoms with E-state index in [2.05, 4.69) is 27.0 Å². The molecule has 3 N–H and O–H groups in total. The van der Waals surface area contributed by atoms with E-state index in [0.29, 0.717) is 52.4 Å². The number of amides is 1. The Labute approximate surface area is 207 Å².